The summed E-state index contributed by atoms with van der Waals surface area (Å²) in [4.78, 5) is 30.8. The second kappa shape index (κ2) is 12.7. The van der Waals surface area contributed by atoms with Gasteiger partial charge in [0.2, 0.25) is 23.5 Å². The molecule has 192 valence electrons. The van der Waals surface area contributed by atoms with Crippen molar-refractivity contribution >= 4 is 17.5 Å². The summed E-state index contributed by atoms with van der Waals surface area (Å²) < 4.78 is 16.4. The maximum atomic E-state index is 12.6. The quantitative estimate of drug-likeness (QED) is 0.389. The molecule has 0 fully saturated rings. The first-order chi connectivity index (χ1) is 17.3. The van der Waals surface area contributed by atoms with Crippen LogP contribution in [0.2, 0.25) is 0 Å². The van der Waals surface area contributed by atoms with Gasteiger partial charge in [-0.25, -0.2) is 0 Å². The Morgan fingerprint density at radius 1 is 1.03 bits per heavy atom. The highest BCUT2D eigenvalue weighted by molar-refractivity contribution is 5.94. The van der Waals surface area contributed by atoms with Crippen LogP contribution in [0.3, 0.4) is 0 Å². The van der Waals surface area contributed by atoms with Crippen LogP contribution in [-0.2, 0) is 16.0 Å². The van der Waals surface area contributed by atoms with Crippen molar-refractivity contribution < 1.29 is 23.6 Å². The number of hydrogen-bond donors (Lipinski definition) is 1. The Hall–Kier alpha value is -3.88. The molecule has 0 unspecified atom stereocenters. The minimum Gasteiger partial charge on any atom is -0.490 e. The first kappa shape index (κ1) is 26.7. The summed E-state index contributed by atoms with van der Waals surface area (Å²) >= 11 is 0. The monoisotopic (exact) mass is 494 g/mol. The fraction of sp³-hybridized carbons (Fsp3) is 0.407. The minimum atomic E-state index is -0.317. The average molecular weight is 495 g/mol. The van der Waals surface area contributed by atoms with Crippen molar-refractivity contribution in [1.29, 1.82) is 0 Å². The lowest BCUT2D eigenvalue weighted by molar-refractivity contribution is -0.133. The third-order valence-electron chi connectivity index (χ3n) is 5.49. The predicted octanol–water partition coefficient (Wildman–Crippen LogP) is 4.69. The Bertz CT molecular complexity index is 1160. The van der Waals surface area contributed by atoms with Gasteiger partial charge in [-0.1, -0.05) is 43.3 Å². The molecule has 3 aromatic rings. The Kier molecular flexibility index (Phi) is 9.44. The summed E-state index contributed by atoms with van der Waals surface area (Å²) in [6.45, 7) is 8.93. The zero-order valence-corrected chi connectivity index (χ0v) is 21.5. The zero-order chi connectivity index (χ0) is 26.1. The van der Waals surface area contributed by atoms with Gasteiger partial charge < -0.3 is 24.2 Å². The molecule has 0 aliphatic rings. The molecule has 2 aromatic carbocycles. The highest BCUT2D eigenvalue weighted by Crippen LogP contribution is 2.30. The molecule has 0 radical (unpaired) electrons. The molecule has 0 bridgehead atoms. The summed E-state index contributed by atoms with van der Waals surface area (Å²) in [6, 6.07) is 13.2. The SMILES string of the molecule is CCOc1ccc(NC(=O)CN(C)C(=O)CCc2nc(-c3ccc(C(C)C)cc3)no2)cc1OCC. The van der Waals surface area contributed by atoms with E-state index in [1.165, 1.54) is 10.5 Å². The number of carbonyl (C=O) groups is 2. The molecule has 2 amide bonds. The number of carbonyl (C=O) groups excluding carboxylic acids is 2. The number of nitrogens with zero attached hydrogens (tertiary/aromatic N) is 3. The average Bonchev–Trinajstić information content (AvgIpc) is 3.33. The molecule has 0 aliphatic carbocycles. The van der Waals surface area contributed by atoms with Crippen molar-refractivity contribution in [2.45, 2.75) is 46.5 Å². The van der Waals surface area contributed by atoms with Crippen molar-refractivity contribution in [3.8, 4) is 22.9 Å². The van der Waals surface area contributed by atoms with Crippen LogP contribution in [0.25, 0.3) is 11.4 Å². The van der Waals surface area contributed by atoms with Crippen LogP contribution in [0.4, 0.5) is 5.69 Å². The zero-order valence-electron chi connectivity index (χ0n) is 21.5. The van der Waals surface area contributed by atoms with E-state index < -0.39 is 0 Å². The molecule has 1 N–H and O–H groups in total. The molecular formula is C27H34N4O5. The largest absolute Gasteiger partial charge is 0.490 e. The van der Waals surface area contributed by atoms with Crippen molar-refractivity contribution in [2.75, 3.05) is 32.1 Å². The molecule has 3 rings (SSSR count). The first-order valence-corrected chi connectivity index (χ1v) is 12.2. The van der Waals surface area contributed by atoms with Crippen molar-refractivity contribution in [3.05, 3.63) is 53.9 Å². The second-order valence-corrected chi connectivity index (χ2v) is 8.61. The maximum Gasteiger partial charge on any atom is 0.243 e. The van der Waals surface area contributed by atoms with Crippen molar-refractivity contribution in [2.24, 2.45) is 0 Å². The number of anilines is 1. The second-order valence-electron chi connectivity index (χ2n) is 8.61. The van der Waals surface area contributed by atoms with Gasteiger partial charge in [0.1, 0.15) is 0 Å². The van der Waals surface area contributed by atoms with E-state index in [9.17, 15) is 9.59 Å². The Morgan fingerprint density at radius 3 is 2.39 bits per heavy atom. The van der Waals surface area contributed by atoms with Crippen LogP contribution in [0.15, 0.2) is 47.0 Å². The highest BCUT2D eigenvalue weighted by Gasteiger charge is 2.16. The summed E-state index contributed by atoms with van der Waals surface area (Å²) in [5.74, 6) is 1.95. The lowest BCUT2D eigenvalue weighted by atomic mass is 10.0. The Morgan fingerprint density at radius 2 is 1.72 bits per heavy atom. The predicted molar refractivity (Wildman–Crippen MR) is 137 cm³/mol. The highest BCUT2D eigenvalue weighted by atomic mass is 16.5. The van der Waals surface area contributed by atoms with E-state index in [2.05, 4.69) is 29.3 Å². The summed E-state index contributed by atoms with van der Waals surface area (Å²) in [5, 5.41) is 6.82. The molecule has 0 saturated carbocycles. The molecule has 0 spiro atoms. The van der Waals surface area contributed by atoms with Gasteiger partial charge in [-0.2, -0.15) is 4.98 Å². The van der Waals surface area contributed by atoms with E-state index >= 15 is 0 Å². The van der Waals surface area contributed by atoms with Gasteiger partial charge in [0.15, 0.2) is 11.5 Å². The van der Waals surface area contributed by atoms with E-state index in [-0.39, 0.29) is 24.8 Å². The normalized spacial score (nSPS) is 10.8. The third kappa shape index (κ3) is 7.31. The first-order valence-electron chi connectivity index (χ1n) is 12.2. The van der Waals surface area contributed by atoms with Crippen LogP contribution in [0.1, 0.15) is 51.5 Å². The number of aromatic nitrogens is 2. The standard InChI is InChI=1S/C27H34N4O5/c1-6-34-22-13-12-21(16-23(22)35-7-2)28-24(32)17-31(5)26(33)15-14-25-29-27(30-36-25)20-10-8-19(9-11-20)18(3)4/h8-13,16,18H,6-7,14-15,17H2,1-5H3,(H,28,32). The number of nitrogens with one attached hydrogen (secondary N) is 1. The molecular weight excluding hydrogens is 460 g/mol. The topological polar surface area (TPSA) is 107 Å². The number of aryl methyl sites for hydroxylation is 1. The van der Waals surface area contributed by atoms with E-state index in [1.807, 2.05) is 38.1 Å². The number of ether oxygens (including phenoxy) is 2. The molecule has 0 atom stereocenters. The van der Waals surface area contributed by atoms with Gasteiger partial charge in [-0.3, -0.25) is 9.59 Å². The smallest absolute Gasteiger partial charge is 0.243 e. The van der Waals surface area contributed by atoms with Crippen molar-refractivity contribution in [3.63, 3.8) is 0 Å². The maximum absolute atomic E-state index is 12.6. The molecule has 9 nitrogen and oxygen atoms in total. The molecule has 36 heavy (non-hydrogen) atoms. The van der Waals surface area contributed by atoms with Crippen LogP contribution in [-0.4, -0.2) is 53.7 Å². The number of benzene rings is 2. The van der Waals surface area contributed by atoms with Crippen LogP contribution in [0.5, 0.6) is 11.5 Å². The Labute approximate surface area is 211 Å². The van der Waals surface area contributed by atoms with E-state index in [1.54, 1.807) is 25.2 Å². The van der Waals surface area contributed by atoms with E-state index in [0.717, 1.165) is 5.56 Å². The van der Waals surface area contributed by atoms with E-state index in [4.69, 9.17) is 14.0 Å². The van der Waals surface area contributed by atoms with Gasteiger partial charge in [0.25, 0.3) is 0 Å². The lowest BCUT2D eigenvalue weighted by Gasteiger charge is -2.17. The molecule has 0 saturated heterocycles. The summed E-state index contributed by atoms with van der Waals surface area (Å²) in [6.07, 6.45) is 0.438. The molecule has 0 aliphatic heterocycles. The fourth-order valence-corrected chi connectivity index (χ4v) is 3.53. The summed E-state index contributed by atoms with van der Waals surface area (Å²) in [7, 11) is 1.58. The van der Waals surface area contributed by atoms with Gasteiger partial charge in [0.05, 0.1) is 19.8 Å². The number of hydrogen-bond acceptors (Lipinski definition) is 7. The number of amides is 2. The minimum absolute atomic E-state index is 0.0900. The van der Waals surface area contributed by atoms with Gasteiger partial charge in [0, 0.05) is 37.2 Å². The summed E-state index contributed by atoms with van der Waals surface area (Å²) in [5.41, 5.74) is 2.65. The number of rotatable bonds is 12. The fourth-order valence-electron chi connectivity index (χ4n) is 3.53. The van der Waals surface area contributed by atoms with Crippen LogP contribution < -0.4 is 14.8 Å². The van der Waals surface area contributed by atoms with Gasteiger partial charge in [-0.15, -0.1) is 0 Å². The molecule has 1 aromatic heterocycles. The van der Waals surface area contributed by atoms with Crippen LogP contribution >= 0.6 is 0 Å². The molecule has 1 heterocycles. The Balaban J connectivity index is 1.50. The van der Waals surface area contributed by atoms with Crippen LogP contribution in [0, 0.1) is 0 Å². The molecule has 9 heteroatoms. The van der Waals surface area contributed by atoms with E-state index in [0.29, 0.717) is 54.5 Å². The lowest BCUT2D eigenvalue weighted by Crippen LogP contribution is -2.35. The van der Waals surface area contributed by atoms with Gasteiger partial charge >= 0.3 is 0 Å². The van der Waals surface area contributed by atoms with Gasteiger partial charge in [-0.05, 0) is 37.5 Å². The third-order valence-corrected chi connectivity index (χ3v) is 5.49. The number of likely N-dealkylation sites (N-methyl/N-ethyl adjacent to an activating group) is 1. The van der Waals surface area contributed by atoms with Crippen molar-refractivity contribution in [1.82, 2.24) is 15.0 Å².